The Morgan fingerprint density at radius 3 is 3.18 bits per heavy atom. The monoisotopic (exact) mass is 261 g/mol. The van der Waals surface area contributed by atoms with E-state index in [1.54, 1.807) is 0 Å². The fraction of sp³-hybridized carbons (Fsp3) is 1.00. The first-order valence-electron chi connectivity index (χ1n) is 6.48. The molecule has 2 atom stereocenters. The second kappa shape index (κ2) is 6.95. The Morgan fingerprint density at radius 2 is 2.41 bits per heavy atom. The molecule has 0 bridgehead atoms. The molecule has 17 heavy (non-hydrogen) atoms. The van der Waals surface area contributed by atoms with Crippen LogP contribution in [0, 0.1) is 0 Å². The van der Waals surface area contributed by atoms with E-state index in [9.17, 15) is 0 Å². The summed E-state index contributed by atoms with van der Waals surface area (Å²) in [5, 5.41) is 12.1. The summed E-state index contributed by atoms with van der Waals surface area (Å²) in [6, 6.07) is 0.570. The summed E-state index contributed by atoms with van der Waals surface area (Å²) >= 11 is 2.01. The smallest absolute Gasteiger partial charge is 0.0795 e. The van der Waals surface area contributed by atoms with Gasteiger partial charge in [-0.05, 0) is 25.0 Å². The van der Waals surface area contributed by atoms with E-state index in [1.165, 1.54) is 12.2 Å². The van der Waals surface area contributed by atoms with Gasteiger partial charge >= 0.3 is 0 Å². The summed E-state index contributed by atoms with van der Waals surface area (Å²) in [6.45, 7) is 2.98. The van der Waals surface area contributed by atoms with Crippen molar-refractivity contribution in [2.45, 2.75) is 30.9 Å². The molecule has 0 aromatic rings. The lowest BCUT2D eigenvalue weighted by molar-refractivity contribution is -0.0706. The Kier molecular flexibility index (Phi) is 5.56. The molecule has 2 rings (SSSR count). The molecule has 2 aliphatic rings. The van der Waals surface area contributed by atoms with Crippen LogP contribution in [0.5, 0.6) is 0 Å². The van der Waals surface area contributed by atoms with Crippen molar-refractivity contribution in [3.63, 3.8) is 0 Å². The standard InChI is InChI=1S/C12H23NO3S/c14-4-7-15-6-3-13-11-1-5-16-12(9-11)2-8-17-10-12/h11,13-14H,1-10H2. The fourth-order valence-electron chi connectivity index (χ4n) is 2.57. The maximum Gasteiger partial charge on any atom is 0.0795 e. The lowest BCUT2D eigenvalue weighted by atomic mass is 9.90. The molecule has 2 saturated heterocycles. The molecule has 0 aromatic heterocycles. The topological polar surface area (TPSA) is 50.7 Å². The molecule has 5 heteroatoms. The summed E-state index contributed by atoms with van der Waals surface area (Å²) in [5.41, 5.74) is 0.159. The van der Waals surface area contributed by atoms with E-state index in [1.807, 2.05) is 11.8 Å². The minimum Gasteiger partial charge on any atom is -0.394 e. The highest BCUT2D eigenvalue weighted by atomic mass is 32.2. The second-order valence-corrected chi connectivity index (χ2v) is 5.92. The third kappa shape index (κ3) is 4.10. The Balaban J connectivity index is 1.63. The van der Waals surface area contributed by atoms with Crippen LogP contribution in [0.1, 0.15) is 19.3 Å². The van der Waals surface area contributed by atoms with Crippen LogP contribution in [0.2, 0.25) is 0 Å². The van der Waals surface area contributed by atoms with E-state index in [-0.39, 0.29) is 12.2 Å². The molecule has 2 heterocycles. The maximum atomic E-state index is 8.59. The highest BCUT2D eigenvalue weighted by molar-refractivity contribution is 7.99. The first-order chi connectivity index (χ1) is 8.35. The van der Waals surface area contributed by atoms with E-state index in [0.29, 0.717) is 19.3 Å². The van der Waals surface area contributed by atoms with E-state index in [4.69, 9.17) is 14.6 Å². The second-order valence-electron chi connectivity index (χ2n) is 4.81. The fourth-order valence-corrected chi connectivity index (χ4v) is 3.95. The van der Waals surface area contributed by atoms with Crippen LogP contribution in [-0.4, -0.2) is 61.2 Å². The van der Waals surface area contributed by atoms with E-state index < -0.39 is 0 Å². The number of aliphatic hydroxyl groups is 1. The minimum atomic E-state index is 0.109. The third-order valence-corrected chi connectivity index (χ3v) is 4.70. The lowest BCUT2D eigenvalue weighted by Crippen LogP contribution is -2.47. The van der Waals surface area contributed by atoms with Crippen molar-refractivity contribution in [3.05, 3.63) is 0 Å². The third-order valence-electron chi connectivity index (χ3n) is 3.48. The van der Waals surface area contributed by atoms with Gasteiger partial charge in [-0.1, -0.05) is 0 Å². The zero-order valence-corrected chi connectivity index (χ0v) is 11.1. The minimum absolute atomic E-state index is 0.109. The van der Waals surface area contributed by atoms with Crippen molar-refractivity contribution in [1.82, 2.24) is 5.32 Å². The molecule has 4 nitrogen and oxygen atoms in total. The van der Waals surface area contributed by atoms with E-state index in [2.05, 4.69) is 5.32 Å². The van der Waals surface area contributed by atoms with Crippen LogP contribution in [-0.2, 0) is 9.47 Å². The first-order valence-corrected chi connectivity index (χ1v) is 7.64. The Labute approximate surface area is 107 Å². The van der Waals surface area contributed by atoms with Gasteiger partial charge in [0.25, 0.3) is 0 Å². The van der Waals surface area contributed by atoms with Crippen LogP contribution < -0.4 is 5.32 Å². The average Bonchev–Trinajstić information content (AvgIpc) is 2.77. The molecule has 100 valence electrons. The van der Waals surface area contributed by atoms with Gasteiger partial charge in [0.05, 0.1) is 25.4 Å². The quantitative estimate of drug-likeness (QED) is 0.687. The van der Waals surface area contributed by atoms with Gasteiger partial charge in [0, 0.05) is 24.9 Å². The molecule has 2 unspecified atom stereocenters. The SMILES string of the molecule is OCCOCCNC1CCOC2(CCSC2)C1. The molecule has 2 fully saturated rings. The molecule has 0 radical (unpaired) electrons. The zero-order chi connectivity index (χ0) is 12.0. The van der Waals surface area contributed by atoms with E-state index in [0.717, 1.165) is 31.7 Å². The van der Waals surface area contributed by atoms with Crippen molar-refractivity contribution >= 4 is 11.8 Å². The van der Waals surface area contributed by atoms with Gasteiger partial charge < -0.3 is 19.9 Å². The summed E-state index contributed by atoms with van der Waals surface area (Å²) in [6.07, 6.45) is 3.45. The molecule has 1 spiro atoms. The van der Waals surface area contributed by atoms with Crippen molar-refractivity contribution in [3.8, 4) is 0 Å². The van der Waals surface area contributed by atoms with Crippen molar-refractivity contribution in [2.75, 3.05) is 44.5 Å². The molecule has 2 N–H and O–H groups in total. The van der Waals surface area contributed by atoms with Gasteiger partial charge in [-0.15, -0.1) is 0 Å². The van der Waals surface area contributed by atoms with Crippen LogP contribution in [0.4, 0.5) is 0 Å². The van der Waals surface area contributed by atoms with Gasteiger partial charge in [0.2, 0.25) is 0 Å². The predicted molar refractivity (Wildman–Crippen MR) is 69.6 cm³/mol. The van der Waals surface area contributed by atoms with Gasteiger partial charge in [0.15, 0.2) is 0 Å². The molecule has 0 amide bonds. The number of thioether (sulfide) groups is 1. The van der Waals surface area contributed by atoms with E-state index >= 15 is 0 Å². The van der Waals surface area contributed by atoms with Crippen LogP contribution in [0.15, 0.2) is 0 Å². The maximum absolute atomic E-state index is 8.59. The first kappa shape index (κ1) is 13.6. The zero-order valence-electron chi connectivity index (χ0n) is 10.3. The molecule has 0 saturated carbocycles. The highest BCUT2D eigenvalue weighted by Crippen LogP contribution is 2.38. The summed E-state index contributed by atoms with van der Waals surface area (Å²) in [5.74, 6) is 2.40. The van der Waals surface area contributed by atoms with Crippen molar-refractivity contribution < 1.29 is 14.6 Å². The Hall–Kier alpha value is 0.190. The lowest BCUT2D eigenvalue weighted by Gasteiger charge is -2.38. The molecular formula is C12H23NO3S. The molecule has 2 aliphatic heterocycles. The highest BCUT2D eigenvalue weighted by Gasteiger charge is 2.40. The largest absolute Gasteiger partial charge is 0.394 e. The van der Waals surface area contributed by atoms with Crippen LogP contribution in [0.25, 0.3) is 0 Å². The normalized spacial score (nSPS) is 33.4. The molecule has 0 aromatic carbocycles. The van der Waals surface area contributed by atoms with Gasteiger partial charge in [0.1, 0.15) is 0 Å². The average molecular weight is 261 g/mol. The number of nitrogens with one attached hydrogen (secondary N) is 1. The number of aliphatic hydroxyl groups excluding tert-OH is 1. The predicted octanol–water partition coefficient (Wildman–Crippen LogP) is 0.640. The van der Waals surface area contributed by atoms with Gasteiger partial charge in [-0.3, -0.25) is 0 Å². The number of rotatable bonds is 6. The van der Waals surface area contributed by atoms with Gasteiger partial charge in [-0.2, -0.15) is 11.8 Å². The van der Waals surface area contributed by atoms with Gasteiger partial charge in [-0.25, -0.2) is 0 Å². The summed E-state index contributed by atoms with van der Waals surface area (Å²) in [4.78, 5) is 0. The number of ether oxygens (including phenoxy) is 2. The summed E-state index contributed by atoms with van der Waals surface area (Å²) < 4.78 is 11.2. The van der Waals surface area contributed by atoms with Crippen molar-refractivity contribution in [1.29, 1.82) is 0 Å². The Morgan fingerprint density at radius 1 is 1.47 bits per heavy atom. The molecular weight excluding hydrogens is 238 g/mol. The van der Waals surface area contributed by atoms with Crippen LogP contribution >= 0.6 is 11.8 Å². The number of hydrogen-bond acceptors (Lipinski definition) is 5. The summed E-state index contributed by atoms with van der Waals surface area (Å²) in [7, 11) is 0. The van der Waals surface area contributed by atoms with Crippen molar-refractivity contribution in [2.24, 2.45) is 0 Å². The van der Waals surface area contributed by atoms with Crippen LogP contribution in [0.3, 0.4) is 0 Å². The number of hydrogen-bond donors (Lipinski definition) is 2. The Bertz CT molecular complexity index is 222. The molecule has 0 aliphatic carbocycles.